The van der Waals surface area contributed by atoms with Crippen LogP contribution in [-0.4, -0.2) is 67.8 Å². The molecule has 0 spiro atoms. The first-order chi connectivity index (χ1) is 14.8. The summed E-state index contributed by atoms with van der Waals surface area (Å²) in [5.41, 5.74) is 2.17. The lowest BCUT2D eigenvalue weighted by Gasteiger charge is -2.12. The molecule has 2 aromatic heterocycles. The molecule has 2 heterocycles. The number of hydrogen-bond donors (Lipinski definition) is 2. The Balaban J connectivity index is 0.000000316. The van der Waals surface area contributed by atoms with Crippen LogP contribution in [0.5, 0.6) is 11.8 Å². The maximum atomic E-state index is 9.19. The standard InChI is InChI=1S/C11H18BNO4.C11H17NO2/c1-8(2)10-5-4-9(12(14)15)11(13-10)17-7-6-16-3;1-9(2)10-5-4-6-11(12-10)14-8-7-13-3/h4-5,8,14-15H,6-7H2,1-3H3;4-6,9H,7-8H2,1-3H3. The highest BCUT2D eigenvalue weighted by atomic mass is 16.5. The summed E-state index contributed by atoms with van der Waals surface area (Å²) in [5, 5.41) is 18.4. The lowest BCUT2D eigenvalue weighted by Crippen LogP contribution is -2.32. The van der Waals surface area contributed by atoms with Gasteiger partial charge < -0.3 is 29.0 Å². The van der Waals surface area contributed by atoms with Crippen molar-refractivity contribution < 1.29 is 29.0 Å². The van der Waals surface area contributed by atoms with Crippen LogP contribution in [0.15, 0.2) is 30.3 Å². The Morgan fingerprint density at radius 3 is 1.90 bits per heavy atom. The van der Waals surface area contributed by atoms with Gasteiger partial charge in [0, 0.05) is 37.1 Å². The molecule has 0 fully saturated rings. The van der Waals surface area contributed by atoms with E-state index in [1.54, 1.807) is 26.4 Å². The van der Waals surface area contributed by atoms with Crippen molar-refractivity contribution in [2.75, 3.05) is 40.6 Å². The number of rotatable bonds is 11. The highest BCUT2D eigenvalue weighted by Crippen LogP contribution is 2.15. The topological polar surface area (TPSA) is 103 Å². The van der Waals surface area contributed by atoms with Crippen LogP contribution >= 0.6 is 0 Å². The summed E-state index contributed by atoms with van der Waals surface area (Å²) in [7, 11) is 1.64. The molecule has 9 heteroatoms. The molecule has 0 aromatic carbocycles. The van der Waals surface area contributed by atoms with Crippen molar-refractivity contribution in [3.63, 3.8) is 0 Å². The van der Waals surface area contributed by atoms with Gasteiger partial charge in [-0.2, -0.15) is 0 Å². The van der Waals surface area contributed by atoms with E-state index in [9.17, 15) is 10.0 Å². The quantitative estimate of drug-likeness (QED) is 0.410. The van der Waals surface area contributed by atoms with Crippen LogP contribution < -0.4 is 14.9 Å². The lowest BCUT2D eigenvalue weighted by atomic mass is 9.80. The molecule has 0 atom stereocenters. The van der Waals surface area contributed by atoms with Crippen LogP contribution in [0.1, 0.15) is 50.9 Å². The number of pyridine rings is 2. The summed E-state index contributed by atoms with van der Waals surface area (Å²) in [4.78, 5) is 8.63. The van der Waals surface area contributed by atoms with Crippen molar-refractivity contribution >= 4 is 12.6 Å². The zero-order valence-electron chi connectivity index (χ0n) is 19.4. The Morgan fingerprint density at radius 2 is 1.35 bits per heavy atom. The number of nitrogens with zero attached hydrogens (tertiary/aromatic N) is 2. The fraction of sp³-hybridized carbons (Fsp3) is 0.545. The molecular weight excluding hydrogens is 399 g/mol. The van der Waals surface area contributed by atoms with Gasteiger partial charge in [0.15, 0.2) is 0 Å². The van der Waals surface area contributed by atoms with Crippen molar-refractivity contribution in [3.05, 3.63) is 41.7 Å². The Hall–Kier alpha value is -2.20. The summed E-state index contributed by atoms with van der Waals surface area (Å²) in [5.74, 6) is 1.61. The average molecular weight is 434 g/mol. The van der Waals surface area contributed by atoms with Gasteiger partial charge >= 0.3 is 7.12 Å². The van der Waals surface area contributed by atoms with E-state index in [0.29, 0.717) is 38.2 Å². The molecule has 0 aliphatic rings. The molecule has 0 unspecified atom stereocenters. The summed E-state index contributed by atoms with van der Waals surface area (Å²) in [6.45, 7) is 10.1. The van der Waals surface area contributed by atoms with Gasteiger partial charge in [-0.25, -0.2) is 9.97 Å². The van der Waals surface area contributed by atoms with Gasteiger partial charge in [-0.1, -0.05) is 39.8 Å². The zero-order chi connectivity index (χ0) is 23.2. The van der Waals surface area contributed by atoms with E-state index in [4.69, 9.17) is 18.9 Å². The molecule has 0 saturated heterocycles. The molecular formula is C22H35BN2O6. The van der Waals surface area contributed by atoms with Crippen molar-refractivity contribution in [1.29, 1.82) is 0 Å². The summed E-state index contributed by atoms with van der Waals surface area (Å²) in [6.07, 6.45) is 0. The second-order valence-corrected chi connectivity index (χ2v) is 7.40. The molecule has 0 aliphatic carbocycles. The van der Waals surface area contributed by atoms with E-state index in [-0.39, 0.29) is 17.3 Å². The molecule has 0 radical (unpaired) electrons. The highest BCUT2D eigenvalue weighted by Gasteiger charge is 2.19. The number of ether oxygens (including phenoxy) is 4. The van der Waals surface area contributed by atoms with Gasteiger partial charge in [0.05, 0.1) is 13.2 Å². The van der Waals surface area contributed by atoms with Crippen LogP contribution in [0.2, 0.25) is 0 Å². The number of methoxy groups -OCH3 is 2. The Morgan fingerprint density at radius 1 is 0.774 bits per heavy atom. The first-order valence-corrected chi connectivity index (χ1v) is 10.4. The van der Waals surface area contributed by atoms with Crippen LogP contribution in [0.4, 0.5) is 0 Å². The molecule has 0 saturated carbocycles. The van der Waals surface area contributed by atoms with E-state index in [2.05, 4.69) is 23.8 Å². The third-order valence-corrected chi connectivity index (χ3v) is 4.18. The van der Waals surface area contributed by atoms with Crippen LogP contribution in [-0.2, 0) is 9.47 Å². The average Bonchev–Trinajstić information content (AvgIpc) is 2.74. The van der Waals surface area contributed by atoms with Crippen molar-refractivity contribution in [2.24, 2.45) is 0 Å². The van der Waals surface area contributed by atoms with E-state index < -0.39 is 7.12 Å². The maximum absolute atomic E-state index is 9.19. The van der Waals surface area contributed by atoms with Gasteiger partial charge in [-0.05, 0) is 24.0 Å². The highest BCUT2D eigenvalue weighted by molar-refractivity contribution is 6.59. The molecule has 0 amide bonds. The normalized spacial score (nSPS) is 10.6. The molecule has 2 aromatic rings. The minimum atomic E-state index is -1.58. The first kappa shape index (κ1) is 26.8. The number of aromatic nitrogens is 2. The Kier molecular flexibility index (Phi) is 12.8. The lowest BCUT2D eigenvalue weighted by molar-refractivity contribution is 0.143. The van der Waals surface area contributed by atoms with E-state index in [0.717, 1.165) is 11.4 Å². The van der Waals surface area contributed by atoms with E-state index in [1.165, 1.54) is 0 Å². The maximum Gasteiger partial charge on any atom is 0.494 e. The molecule has 31 heavy (non-hydrogen) atoms. The van der Waals surface area contributed by atoms with E-state index >= 15 is 0 Å². The smallest absolute Gasteiger partial charge is 0.475 e. The van der Waals surface area contributed by atoms with Crippen LogP contribution in [0.25, 0.3) is 0 Å². The third-order valence-electron chi connectivity index (χ3n) is 4.18. The molecule has 2 N–H and O–H groups in total. The Bertz CT molecular complexity index is 759. The molecule has 0 aliphatic heterocycles. The van der Waals surface area contributed by atoms with Gasteiger partial charge in [0.25, 0.3) is 0 Å². The van der Waals surface area contributed by atoms with Gasteiger partial charge in [-0.15, -0.1) is 0 Å². The summed E-state index contributed by atoms with van der Waals surface area (Å²) >= 11 is 0. The molecule has 172 valence electrons. The van der Waals surface area contributed by atoms with E-state index in [1.807, 2.05) is 32.0 Å². The molecule has 0 bridgehead atoms. The third kappa shape index (κ3) is 10.1. The minimum Gasteiger partial charge on any atom is -0.475 e. The Labute approximate surface area is 185 Å². The van der Waals surface area contributed by atoms with Gasteiger partial charge in [-0.3, -0.25) is 0 Å². The van der Waals surface area contributed by atoms with Crippen molar-refractivity contribution in [2.45, 2.75) is 39.5 Å². The predicted molar refractivity (Wildman–Crippen MR) is 121 cm³/mol. The second-order valence-electron chi connectivity index (χ2n) is 7.40. The van der Waals surface area contributed by atoms with Crippen molar-refractivity contribution in [1.82, 2.24) is 9.97 Å². The van der Waals surface area contributed by atoms with Crippen molar-refractivity contribution in [3.8, 4) is 11.8 Å². The molecule has 8 nitrogen and oxygen atoms in total. The van der Waals surface area contributed by atoms with Gasteiger partial charge in [0.2, 0.25) is 11.8 Å². The minimum absolute atomic E-state index is 0.253. The first-order valence-electron chi connectivity index (χ1n) is 10.4. The molecule has 2 rings (SSSR count). The SMILES string of the molecule is COCCOc1cccc(C(C)C)n1.COCCOc1nc(C(C)C)ccc1B(O)O. The predicted octanol–water partition coefficient (Wildman–Crippen LogP) is 2.14. The van der Waals surface area contributed by atoms with Crippen LogP contribution in [0, 0.1) is 0 Å². The monoisotopic (exact) mass is 434 g/mol. The zero-order valence-corrected chi connectivity index (χ0v) is 19.4. The second kappa shape index (κ2) is 14.7. The fourth-order valence-electron chi connectivity index (χ4n) is 2.38. The van der Waals surface area contributed by atoms with Crippen LogP contribution in [0.3, 0.4) is 0 Å². The number of hydrogen-bond acceptors (Lipinski definition) is 8. The largest absolute Gasteiger partial charge is 0.494 e. The van der Waals surface area contributed by atoms with Gasteiger partial charge in [0.1, 0.15) is 13.2 Å². The summed E-state index contributed by atoms with van der Waals surface area (Å²) < 4.78 is 20.5. The summed E-state index contributed by atoms with van der Waals surface area (Å²) in [6, 6.07) is 9.22. The fourth-order valence-corrected chi connectivity index (χ4v) is 2.38.